The van der Waals surface area contributed by atoms with Crippen molar-refractivity contribution in [2.75, 3.05) is 27.3 Å². The molecule has 0 bridgehead atoms. The minimum atomic E-state index is -0.0423. The first-order valence-electron chi connectivity index (χ1n) is 4.75. The number of methoxy groups -OCH3 is 1. The molecule has 1 rings (SSSR count). The summed E-state index contributed by atoms with van der Waals surface area (Å²) in [6, 6.07) is 6.95. The molecule has 1 aromatic rings. The average molecular weight is 205 g/mol. The summed E-state index contributed by atoms with van der Waals surface area (Å²) >= 11 is 0. The van der Waals surface area contributed by atoms with E-state index in [-0.39, 0.29) is 5.91 Å². The molecule has 0 aliphatic rings. The normalized spacial score (nSPS) is 10.1. The predicted molar refractivity (Wildman–Crippen MR) is 58.7 cm³/mol. The molecular formula is C12H15NO2. The summed E-state index contributed by atoms with van der Waals surface area (Å²) < 4.78 is 4.90. The van der Waals surface area contributed by atoms with Gasteiger partial charge in [-0.15, -0.1) is 0 Å². The number of carbonyl (C=O) groups excluding carboxylic acids is 1. The van der Waals surface area contributed by atoms with Crippen LogP contribution in [0.15, 0.2) is 24.3 Å². The Morgan fingerprint density at radius 2 is 2.27 bits per heavy atom. The van der Waals surface area contributed by atoms with Crippen molar-refractivity contribution in [2.45, 2.75) is 0 Å². The molecule has 0 N–H and O–H groups in total. The van der Waals surface area contributed by atoms with Crippen molar-refractivity contribution >= 4 is 5.91 Å². The molecule has 1 aromatic carbocycles. The third kappa shape index (κ3) is 3.36. The summed E-state index contributed by atoms with van der Waals surface area (Å²) in [5, 5.41) is 0. The number of ether oxygens (including phenoxy) is 1. The monoisotopic (exact) mass is 205 g/mol. The topological polar surface area (TPSA) is 29.5 Å². The molecule has 3 nitrogen and oxygen atoms in total. The van der Waals surface area contributed by atoms with Crippen LogP contribution in [0.5, 0.6) is 0 Å². The molecule has 2 radical (unpaired) electrons. The van der Waals surface area contributed by atoms with Crippen LogP contribution < -0.4 is 0 Å². The standard InChI is InChI=1S/C12H15NO2/c1-10-5-4-6-11(9-10)12(14)13(2)7-8-15-3/h1,4-6,9H,7-8H2,2-3H3. The van der Waals surface area contributed by atoms with E-state index in [1.165, 1.54) is 0 Å². The molecule has 0 aromatic heterocycles. The van der Waals surface area contributed by atoms with Crippen LogP contribution in [0.2, 0.25) is 0 Å². The number of hydrogen-bond donors (Lipinski definition) is 0. The Kier molecular flexibility index (Phi) is 4.31. The molecule has 0 spiro atoms. The van der Waals surface area contributed by atoms with E-state index in [2.05, 4.69) is 0 Å². The maximum absolute atomic E-state index is 11.8. The fourth-order valence-corrected chi connectivity index (χ4v) is 1.22. The largest absolute Gasteiger partial charge is 0.383 e. The van der Waals surface area contributed by atoms with Gasteiger partial charge in [0.2, 0.25) is 0 Å². The first kappa shape index (κ1) is 11.7. The van der Waals surface area contributed by atoms with E-state index in [1.54, 1.807) is 43.3 Å². The summed E-state index contributed by atoms with van der Waals surface area (Å²) in [5.74, 6) is -0.0423. The fourth-order valence-electron chi connectivity index (χ4n) is 1.22. The highest BCUT2D eigenvalue weighted by Gasteiger charge is 2.10. The van der Waals surface area contributed by atoms with Crippen molar-refractivity contribution in [3.05, 3.63) is 42.3 Å². The van der Waals surface area contributed by atoms with Gasteiger partial charge in [0.15, 0.2) is 0 Å². The number of likely N-dealkylation sites (N-methyl/N-ethyl adjacent to an activating group) is 1. The van der Waals surface area contributed by atoms with Crippen LogP contribution in [-0.2, 0) is 4.74 Å². The van der Waals surface area contributed by atoms with Gasteiger partial charge in [0.05, 0.1) is 6.61 Å². The van der Waals surface area contributed by atoms with Gasteiger partial charge in [-0.3, -0.25) is 4.79 Å². The second-order valence-corrected chi connectivity index (χ2v) is 3.34. The minimum Gasteiger partial charge on any atom is -0.383 e. The van der Waals surface area contributed by atoms with Crippen LogP contribution in [0, 0.1) is 6.92 Å². The number of rotatable bonds is 4. The molecule has 0 heterocycles. The molecule has 0 atom stereocenters. The molecule has 0 unspecified atom stereocenters. The Hall–Kier alpha value is -1.35. The lowest BCUT2D eigenvalue weighted by Crippen LogP contribution is -2.29. The SMILES string of the molecule is [CH]c1cccc(C(=O)N(C)CCOC)c1. The summed E-state index contributed by atoms with van der Waals surface area (Å²) in [4.78, 5) is 13.4. The summed E-state index contributed by atoms with van der Waals surface area (Å²) in [5.41, 5.74) is 1.20. The van der Waals surface area contributed by atoms with Crippen molar-refractivity contribution in [1.29, 1.82) is 0 Å². The Labute approximate surface area is 90.7 Å². The van der Waals surface area contributed by atoms with Crippen LogP contribution in [0.4, 0.5) is 0 Å². The van der Waals surface area contributed by atoms with Gasteiger partial charge >= 0.3 is 0 Å². The molecule has 3 heteroatoms. The third-order valence-electron chi connectivity index (χ3n) is 2.11. The average Bonchev–Trinajstić information content (AvgIpc) is 2.24. The molecule has 0 aliphatic heterocycles. The fraction of sp³-hybridized carbons (Fsp3) is 0.333. The maximum Gasteiger partial charge on any atom is 0.253 e. The summed E-state index contributed by atoms with van der Waals surface area (Å²) in [7, 11) is 3.35. The molecular weight excluding hydrogens is 190 g/mol. The van der Waals surface area contributed by atoms with E-state index >= 15 is 0 Å². The van der Waals surface area contributed by atoms with Crippen LogP contribution in [0.3, 0.4) is 0 Å². The Balaban J connectivity index is 2.67. The van der Waals surface area contributed by atoms with Gasteiger partial charge in [-0.05, 0) is 24.6 Å². The van der Waals surface area contributed by atoms with Crippen LogP contribution >= 0.6 is 0 Å². The Morgan fingerprint density at radius 3 is 2.87 bits per heavy atom. The molecule has 0 aliphatic carbocycles. The van der Waals surface area contributed by atoms with Gasteiger partial charge in [-0.1, -0.05) is 12.1 Å². The van der Waals surface area contributed by atoms with Gasteiger partial charge in [-0.25, -0.2) is 0 Å². The van der Waals surface area contributed by atoms with E-state index in [4.69, 9.17) is 11.7 Å². The van der Waals surface area contributed by atoms with Crippen molar-refractivity contribution < 1.29 is 9.53 Å². The summed E-state index contributed by atoms with van der Waals surface area (Å²) in [6.07, 6.45) is 0. The van der Waals surface area contributed by atoms with Crippen LogP contribution in [0.25, 0.3) is 0 Å². The molecule has 80 valence electrons. The highest BCUT2D eigenvalue weighted by atomic mass is 16.5. The lowest BCUT2D eigenvalue weighted by molar-refractivity contribution is 0.0744. The summed E-state index contributed by atoms with van der Waals surface area (Å²) in [6.45, 7) is 6.71. The van der Waals surface area contributed by atoms with Crippen molar-refractivity contribution in [1.82, 2.24) is 4.90 Å². The molecule has 0 saturated heterocycles. The second kappa shape index (κ2) is 5.51. The van der Waals surface area contributed by atoms with E-state index in [9.17, 15) is 4.79 Å². The Bertz CT molecular complexity index is 336. The first-order valence-corrected chi connectivity index (χ1v) is 4.75. The van der Waals surface area contributed by atoms with Crippen LogP contribution in [-0.4, -0.2) is 38.1 Å². The number of nitrogens with zero attached hydrogens (tertiary/aromatic N) is 1. The minimum absolute atomic E-state index is 0.0423. The predicted octanol–water partition coefficient (Wildman–Crippen LogP) is 1.46. The highest BCUT2D eigenvalue weighted by molar-refractivity contribution is 5.94. The Morgan fingerprint density at radius 1 is 1.53 bits per heavy atom. The van der Waals surface area contributed by atoms with Gasteiger partial charge in [-0.2, -0.15) is 0 Å². The number of hydrogen-bond acceptors (Lipinski definition) is 2. The van der Waals surface area contributed by atoms with E-state index in [0.29, 0.717) is 24.3 Å². The zero-order valence-corrected chi connectivity index (χ0v) is 9.06. The molecule has 15 heavy (non-hydrogen) atoms. The second-order valence-electron chi connectivity index (χ2n) is 3.34. The van der Waals surface area contributed by atoms with Crippen molar-refractivity contribution in [3.8, 4) is 0 Å². The van der Waals surface area contributed by atoms with Gasteiger partial charge in [0.1, 0.15) is 0 Å². The molecule has 0 saturated carbocycles. The molecule has 0 fully saturated rings. The van der Waals surface area contributed by atoms with E-state index < -0.39 is 0 Å². The number of carbonyl (C=O) groups is 1. The van der Waals surface area contributed by atoms with Crippen LogP contribution in [0.1, 0.15) is 15.9 Å². The number of amides is 1. The quantitative estimate of drug-likeness (QED) is 0.744. The van der Waals surface area contributed by atoms with Gasteiger partial charge in [0, 0.05) is 26.3 Å². The van der Waals surface area contributed by atoms with Crippen molar-refractivity contribution in [2.24, 2.45) is 0 Å². The maximum atomic E-state index is 11.8. The molecule has 1 amide bonds. The highest BCUT2D eigenvalue weighted by Crippen LogP contribution is 2.06. The van der Waals surface area contributed by atoms with Gasteiger partial charge in [0.25, 0.3) is 5.91 Å². The first-order chi connectivity index (χ1) is 7.15. The lowest BCUT2D eigenvalue weighted by atomic mass is 10.1. The zero-order chi connectivity index (χ0) is 11.3. The number of benzene rings is 1. The van der Waals surface area contributed by atoms with Gasteiger partial charge < -0.3 is 9.64 Å². The lowest BCUT2D eigenvalue weighted by Gasteiger charge is -2.16. The van der Waals surface area contributed by atoms with Crippen molar-refractivity contribution in [3.63, 3.8) is 0 Å². The third-order valence-corrected chi connectivity index (χ3v) is 2.11. The van der Waals surface area contributed by atoms with E-state index in [0.717, 1.165) is 0 Å². The van der Waals surface area contributed by atoms with E-state index in [1.807, 2.05) is 0 Å². The smallest absolute Gasteiger partial charge is 0.253 e. The zero-order valence-electron chi connectivity index (χ0n) is 9.06.